The fraction of sp³-hybridized carbons (Fsp3) is 0.227. The van der Waals surface area contributed by atoms with Crippen molar-refractivity contribution in [2.75, 3.05) is 13.4 Å². The van der Waals surface area contributed by atoms with Gasteiger partial charge in [-0.2, -0.15) is 9.98 Å². The Morgan fingerprint density at radius 2 is 2.00 bits per heavy atom. The molecule has 0 radical (unpaired) electrons. The van der Waals surface area contributed by atoms with Gasteiger partial charge in [0.15, 0.2) is 11.6 Å². The van der Waals surface area contributed by atoms with Crippen LogP contribution in [0.2, 0.25) is 0 Å². The molecule has 0 aliphatic rings. The minimum Gasteiger partial charge on any atom is -0.505 e. The van der Waals surface area contributed by atoms with Gasteiger partial charge >= 0.3 is 6.09 Å². The molecule has 3 rings (SSSR count). The molecule has 0 fully saturated rings. The Morgan fingerprint density at radius 1 is 1.28 bits per heavy atom. The van der Waals surface area contributed by atoms with Crippen molar-refractivity contribution in [3.63, 3.8) is 0 Å². The number of aliphatic imine (C=N–C) groups is 2. The molecule has 2 aromatic carbocycles. The number of hydrogen-bond acceptors (Lipinski definition) is 8. The first kappa shape index (κ1) is 23.1. The summed E-state index contributed by atoms with van der Waals surface area (Å²) in [5.74, 6) is -0.485. The van der Waals surface area contributed by atoms with Gasteiger partial charge in [0.2, 0.25) is 11.7 Å². The fourth-order valence-corrected chi connectivity index (χ4v) is 3.34. The van der Waals surface area contributed by atoms with Gasteiger partial charge in [-0.1, -0.05) is 12.1 Å². The Hall–Kier alpha value is -3.53. The van der Waals surface area contributed by atoms with Gasteiger partial charge in [-0.25, -0.2) is 14.2 Å². The Labute approximate surface area is 188 Å². The van der Waals surface area contributed by atoms with Gasteiger partial charge in [-0.3, -0.25) is 0 Å². The van der Waals surface area contributed by atoms with Gasteiger partial charge in [0.1, 0.15) is 10.8 Å². The maximum absolute atomic E-state index is 14.9. The summed E-state index contributed by atoms with van der Waals surface area (Å²) in [6.45, 7) is 3.57. The predicted octanol–water partition coefficient (Wildman–Crippen LogP) is 5.10. The molecule has 1 amide bonds. The van der Waals surface area contributed by atoms with Crippen LogP contribution in [0.15, 0.2) is 50.9 Å². The molecule has 1 N–H and O–H groups in total. The van der Waals surface area contributed by atoms with Crippen LogP contribution < -0.4 is 0 Å². The molecule has 166 valence electrons. The highest BCUT2D eigenvalue weighted by Crippen LogP contribution is 2.27. The smallest absolute Gasteiger partial charge is 0.434 e. The van der Waals surface area contributed by atoms with Gasteiger partial charge < -0.3 is 14.4 Å². The van der Waals surface area contributed by atoms with Crippen LogP contribution in [0.25, 0.3) is 11.4 Å². The van der Waals surface area contributed by atoms with E-state index < -0.39 is 17.7 Å². The third kappa shape index (κ3) is 5.20. The first-order chi connectivity index (χ1) is 15.4. The van der Waals surface area contributed by atoms with Gasteiger partial charge in [-0.05, 0) is 54.6 Å². The van der Waals surface area contributed by atoms with Gasteiger partial charge in [0.05, 0.1) is 12.8 Å². The van der Waals surface area contributed by atoms with E-state index in [0.717, 1.165) is 11.8 Å². The number of hydrogen-bond donors (Lipinski definition) is 1. The van der Waals surface area contributed by atoms with Crippen molar-refractivity contribution in [3.05, 3.63) is 59.2 Å². The number of thioether (sulfide) groups is 1. The first-order valence-corrected chi connectivity index (χ1v) is 10.8. The standard InChI is InChI=1S/C22H21FN4O4S/c1-5-13-10-16(18(23)17(28)11-13)19(21(32-4)26-22(29)30-3)25-15-8-6-14(7-9-15)20-24-12(2)31-27-20/h6-11,28H,5H2,1-4H3. The number of rotatable bonds is 5. The van der Waals surface area contributed by atoms with Crippen molar-refractivity contribution < 1.29 is 23.6 Å². The largest absolute Gasteiger partial charge is 0.505 e. The molecular weight excluding hydrogens is 435 g/mol. The highest BCUT2D eigenvalue weighted by atomic mass is 32.2. The second-order valence-electron chi connectivity index (χ2n) is 6.57. The number of ether oxygens (including phenoxy) is 1. The molecule has 0 unspecified atom stereocenters. The highest BCUT2D eigenvalue weighted by Gasteiger charge is 2.21. The normalized spacial score (nSPS) is 12.2. The van der Waals surface area contributed by atoms with E-state index >= 15 is 0 Å². The van der Waals surface area contributed by atoms with Crippen LogP contribution in [0.5, 0.6) is 5.75 Å². The van der Waals surface area contributed by atoms with Gasteiger partial charge in [0, 0.05) is 18.1 Å². The van der Waals surface area contributed by atoms with E-state index in [2.05, 4.69) is 24.9 Å². The van der Waals surface area contributed by atoms with Crippen molar-refractivity contribution in [2.45, 2.75) is 20.3 Å². The lowest BCUT2D eigenvalue weighted by Crippen LogP contribution is -2.16. The molecule has 0 aliphatic carbocycles. The summed E-state index contributed by atoms with van der Waals surface area (Å²) in [7, 11) is 1.20. The number of benzene rings is 2. The van der Waals surface area contributed by atoms with Crippen LogP contribution in [0.4, 0.5) is 14.9 Å². The van der Waals surface area contributed by atoms with Crippen molar-refractivity contribution in [2.24, 2.45) is 9.98 Å². The lowest BCUT2D eigenvalue weighted by Gasteiger charge is -2.12. The van der Waals surface area contributed by atoms with Crippen molar-refractivity contribution in [1.29, 1.82) is 0 Å². The Morgan fingerprint density at radius 3 is 2.56 bits per heavy atom. The van der Waals surface area contributed by atoms with Crippen LogP contribution in [-0.4, -0.2) is 45.5 Å². The Bertz CT molecular complexity index is 1190. The minimum absolute atomic E-state index is 0.0247. The summed E-state index contributed by atoms with van der Waals surface area (Å²) < 4.78 is 24.6. The van der Waals surface area contributed by atoms with E-state index in [1.807, 2.05) is 6.92 Å². The first-order valence-electron chi connectivity index (χ1n) is 9.58. The number of carbonyl (C=O) groups excluding carboxylic acids is 1. The minimum atomic E-state index is -0.855. The van der Waals surface area contributed by atoms with Gasteiger partial charge in [-0.15, -0.1) is 11.8 Å². The average molecular weight is 456 g/mol. The second-order valence-corrected chi connectivity index (χ2v) is 7.36. The molecule has 0 aliphatic heterocycles. The van der Waals surface area contributed by atoms with Crippen molar-refractivity contribution in [1.82, 2.24) is 10.1 Å². The summed E-state index contributed by atoms with van der Waals surface area (Å²) in [6.07, 6.45) is 1.40. The van der Waals surface area contributed by atoms with E-state index in [1.165, 1.54) is 13.2 Å². The number of phenols is 1. The molecule has 3 aromatic rings. The molecule has 0 spiro atoms. The molecule has 0 bridgehead atoms. The van der Waals surface area contributed by atoms with E-state index in [0.29, 0.717) is 35.0 Å². The lowest BCUT2D eigenvalue weighted by atomic mass is 10.0. The van der Waals surface area contributed by atoms with Crippen molar-refractivity contribution >= 4 is 34.3 Å². The summed E-state index contributed by atoms with van der Waals surface area (Å²) in [6, 6.07) is 9.80. The SMILES string of the molecule is CCc1cc(O)c(F)c(C(=Nc2ccc(-c3noc(C)n3)cc2)C(=NC(=O)OC)SC)c1. The molecule has 1 heterocycles. The number of carbonyl (C=O) groups is 1. The summed E-state index contributed by atoms with van der Waals surface area (Å²) >= 11 is 1.10. The van der Waals surface area contributed by atoms with Crippen molar-refractivity contribution in [3.8, 4) is 17.1 Å². The van der Waals surface area contributed by atoms with E-state index in [4.69, 9.17) is 4.52 Å². The molecular formula is C22H21FN4O4S. The molecule has 32 heavy (non-hydrogen) atoms. The van der Waals surface area contributed by atoms with Crippen LogP contribution in [-0.2, 0) is 11.2 Å². The highest BCUT2D eigenvalue weighted by molar-refractivity contribution is 8.15. The fourth-order valence-electron chi connectivity index (χ4n) is 2.82. The zero-order valence-electron chi connectivity index (χ0n) is 17.9. The van der Waals surface area contributed by atoms with E-state index in [-0.39, 0.29) is 16.3 Å². The third-order valence-electron chi connectivity index (χ3n) is 4.43. The molecule has 1 aromatic heterocycles. The molecule has 0 saturated heterocycles. The third-order valence-corrected chi connectivity index (χ3v) is 5.11. The molecule has 10 heteroatoms. The summed E-state index contributed by atoms with van der Waals surface area (Å²) in [5.41, 5.74) is 2.00. The van der Waals surface area contributed by atoms with Crippen LogP contribution in [0.1, 0.15) is 23.9 Å². The monoisotopic (exact) mass is 456 g/mol. The zero-order valence-corrected chi connectivity index (χ0v) is 18.7. The Balaban J connectivity index is 2.14. The van der Waals surface area contributed by atoms with Gasteiger partial charge in [0.25, 0.3) is 0 Å². The number of halogens is 1. The number of phenolic OH excluding ortho intramolecular Hbond substituents is 1. The average Bonchev–Trinajstić information content (AvgIpc) is 3.24. The number of nitrogens with zero attached hydrogens (tertiary/aromatic N) is 4. The number of aromatic hydroxyl groups is 1. The Kier molecular flexibility index (Phi) is 7.37. The van der Waals surface area contributed by atoms with Crippen LogP contribution >= 0.6 is 11.8 Å². The number of aryl methyl sites for hydroxylation is 2. The van der Waals surface area contributed by atoms with E-state index in [1.54, 1.807) is 43.5 Å². The zero-order chi connectivity index (χ0) is 23.3. The molecule has 0 saturated carbocycles. The number of methoxy groups -OCH3 is 1. The number of amides is 1. The topological polar surface area (TPSA) is 110 Å². The van der Waals surface area contributed by atoms with E-state index in [9.17, 15) is 14.3 Å². The maximum Gasteiger partial charge on any atom is 0.434 e. The number of aromatic nitrogens is 2. The summed E-state index contributed by atoms with van der Waals surface area (Å²) in [5, 5.41) is 14.1. The summed E-state index contributed by atoms with van der Waals surface area (Å²) in [4.78, 5) is 24.4. The lowest BCUT2D eigenvalue weighted by molar-refractivity contribution is 0.183. The maximum atomic E-state index is 14.9. The predicted molar refractivity (Wildman–Crippen MR) is 121 cm³/mol. The molecule has 8 nitrogen and oxygen atoms in total. The van der Waals surface area contributed by atoms with Crippen LogP contribution in [0, 0.1) is 12.7 Å². The molecule has 0 atom stereocenters. The second kappa shape index (κ2) is 10.2. The van der Waals surface area contributed by atoms with Crippen LogP contribution in [0.3, 0.4) is 0 Å². The quantitative estimate of drug-likeness (QED) is 0.420.